The molecular weight excluding hydrogens is 292 g/mol. The molecule has 0 aliphatic rings. The first-order valence-electron chi connectivity index (χ1n) is 6.50. The summed E-state index contributed by atoms with van der Waals surface area (Å²) in [6.45, 7) is 0.430. The third kappa shape index (κ3) is 4.49. The van der Waals surface area contributed by atoms with Crippen molar-refractivity contribution < 1.29 is 19.1 Å². The molecule has 0 aliphatic heterocycles. The van der Waals surface area contributed by atoms with Crippen LogP contribution in [0.5, 0.6) is 0 Å². The summed E-state index contributed by atoms with van der Waals surface area (Å²) in [7, 11) is 1.66. The quantitative estimate of drug-likeness (QED) is 0.790. The number of carbonyl (C=O) groups excluding carboxylic acids is 1. The molecular formula is C14H16N2O4S. The van der Waals surface area contributed by atoms with E-state index in [0.717, 1.165) is 5.52 Å². The highest BCUT2D eigenvalue weighted by Crippen LogP contribution is 2.23. The van der Waals surface area contributed by atoms with Gasteiger partial charge < -0.3 is 14.4 Å². The Morgan fingerprint density at radius 3 is 2.86 bits per heavy atom. The van der Waals surface area contributed by atoms with Crippen LogP contribution < -0.4 is 0 Å². The van der Waals surface area contributed by atoms with Gasteiger partial charge in [-0.25, -0.2) is 4.98 Å². The molecule has 0 spiro atoms. The minimum Gasteiger partial charge on any atom is -0.481 e. The van der Waals surface area contributed by atoms with E-state index in [1.165, 1.54) is 16.7 Å². The van der Waals surface area contributed by atoms with E-state index in [1.54, 1.807) is 7.05 Å². The summed E-state index contributed by atoms with van der Waals surface area (Å²) in [5.74, 6) is -0.708. The summed E-state index contributed by atoms with van der Waals surface area (Å²) in [5, 5.41) is 9.02. The third-order valence-corrected chi connectivity index (χ3v) is 3.72. The van der Waals surface area contributed by atoms with E-state index in [2.05, 4.69) is 4.98 Å². The highest BCUT2D eigenvalue weighted by molar-refractivity contribution is 7.99. The Bertz CT molecular complexity index is 608. The Labute approximate surface area is 126 Å². The van der Waals surface area contributed by atoms with Crippen molar-refractivity contribution in [1.82, 2.24) is 9.88 Å². The molecule has 7 heteroatoms. The zero-order chi connectivity index (χ0) is 15.2. The fraction of sp³-hybridized carbons (Fsp3) is 0.357. The average molecular weight is 308 g/mol. The van der Waals surface area contributed by atoms with Crippen LogP contribution >= 0.6 is 11.8 Å². The smallest absolute Gasteiger partial charge is 0.303 e. The second kappa shape index (κ2) is 7.12. The number of thioether (sulfide) groups is 1. The van der Waals surface area contributed by atoms with Gasteiger partial charge in [0, 0.05) is 20.0 Å². The van der Waals surface area contributed by atoms with Crippen molar-refractivity contribution in [2.24, 2.45) is 0 Å². The maximum Gasteiger partial charge on any atom is 0.303 e. The van der Waals surface area contributed by atoms with Crippen molar-refractivity contribution in [1.29, 1.82) is 0 Å². The molecule has 0 atom stereocenters. The number of benzene rings is 1. The number of carboxylic acids is 1. The Kier molecular flexibility index (Phi) is 5.21. The summed E-state index contributed by atoms with van der Waals surface area (Å²) >= 11 is 1.24. The van der Waals surface area contributed by atoms with E-state index >= 15 is 0 Å². The number of hydrogen-bond donors (Lipinski definition) is 1. The molecule has 2 aromatic rings. The van der Waals surface area contributed by atoms with Gasteiger partial charge in [0.15, 0.2) is 5.58 Å². The van der Waals surface area contributed by atoms with Crippen LogP contribution in [0.4, 0.5) is 0 Å². The first-order valence-corrected chi connectivity index (χ1v) is 7.49. The fourth-order valence-corrected chi connectivity index (χ4v) is 2.52. The highest BCUT2D eigenvalue weighted by Gasteiger charge is 2.12. The number of rotatable bonds is 7. The minimum atomic E-state index is -0.850. The lowest BCUT2D eigenvalue weighted by atomic mass is 10.3. The van der Waals surface area contributed by atoms with Gasteiger partial charge in [-0.1, -0.05) is 23.9 Å². The molecule has 0 aliphatic carbocycles. The highest BCUT2D eigenvalue weighted by atomic mass is 32.2. The summed E-state index contributed by atoms with van der Waals surface area (Å²) in [6.07, 6.45) is 0.515. The van der Waals surface area contributed by atoms with Gasteiger partial charge in [0.1, 0.15) is 5.52 Å². The van der Waals surface area contributed by atoms with E-state index in [4.69, 9.17) is 9.52 Å². The van der Waals surface area contributed by atoms with Crippen molar-refractivity contribution in [2.45, 2.75) is 18.1 Å². The van der Waals surface area contributed by atoms with Crippen LogP contribution in [0.1, 0.15) is 12.8 Å². The number of aliphatic carboxylic acids is 1. The van der Waals surface area contributed by atoms with Gasteiger partial charge in [0.05, 0.1) is 5.75 Å². The Morgan fingerprint density at radius 1 is 1.38 bits per heavy atom. The standard InChI is InChI=1S/C14H16N2O4S/c1-16(8-4-7-13(18)19)12(17)9-21-14-15-10-5-2-3-6-11(10)20-14/h2-3,5-6H,4,7-9H2,1H3,(H,18,19). The van der Waals surface area contributed by atoms with Crippen molar-refractivity contribution >= 4 is 34.7 Å². The lowest BCUT2D eigenvalue weighted by molar-refractivity contribution is -0.137. The molecule has 0 unspecified atom stereocenters. The lowest BCUT2D eigenvalue weighted by Crippen LogP contribution is -2.29. The number of oxazole rings is 1. The normalized spacial score (nSPS) is 10.7. The van der Waals surface area contributed by atoms with E-state index in [-0.39, 0.29) is 18.1 Å². The lowest BCUT2D eigenvalue weighted by Gasteiger charge is -2.15. The average Bonchev–Trinajstić information content (AvgIpc) is 2.87. The molecule has 0 saturated carbocycles. The Morgan fingerprint density at radius 2 is 2.14 bits per heavy atom. The molecule has 0 saturated heterocycles. The predicted octanol–water partition coefficient (Wildman–Crippen LogP) is 2.24. The molecule has 0 fully saturated rings. The number of hydrogen-bond acceptors (Lipinski definition) is 5. The second-order valence-electron chi connectivity index (χ2n) is 4.55. The summed E-state index contributed by atoms with van der Waals surface area (Å²) in [4.78, 5) is 28.1. The molecule has 21 heavy (non-hydrogen) atoms. The minimum absolute atomic E-state index is 0.0654. The second-order valence-corrected chi connectivity index (χ2v) is 5.48. The number of nitrogens with zero attached hydrogens (tertiary/aromatic N) is 2. The summed E-state index contributed by atoms with van der Waals surface area (Å²) in [6, 6.07) is 7.42. The third-order valence-electron chi connectivity index (χ3n) is 2.90. The number of carbonyl (C=O) groups is 2. The van der Waals surface area contributed by atoms with Gasteiger partial charge in [0.2, 0.25) is 5.91 Å². The molecule has 2 rings (SSSR count). The Balaban J connectivity index is 1.81. The predicted molar refractivity (Wildman–Crippen MR) is 79.2 cm³/mol. The SMILES string of the molecule is CN(CCCC(=O)O)C(=O)CSc1nc2ccccc2o1. The molecule has 1 heterocycles. The molecule has 0 bridgehead atoms. The van der Waals surface area contributed by atoms with Crippen LogP contribution in [0.3, 0.4) is 0 Å². The van der Waals surface area contributed by atoms with E-state index in [1.807, 2.05) is 24.3 Å². The number of fused-ring (bicyclic) bond motifs is 1. The zero-order valence-electron chi connectivity index (χ0n) is 11.6. The molecule has 6 nitrogen and oxygen atoms in total. The number of carboxylic acid groups (broad SMARTS) is 1. The van der Waals surface area contributed by atoms with Crippen molar-refractivity contribution in [3.8, 4) is 0 Å². The first kappa shape index (κ1) is 15.4. The van der Waals surface area contributed by atoms with Crippen LogP contribution in [0.2, 0.25) is 0 Å². The Hall–Kier alpha value is -2.02. The largest absolute Gasteiger partial charge is 0.481 e. The maximum absolute atomic E-state index is 11.9. The van der Waals surface area contributed by atoms with Gasteiger partial charge in [0.25, 0.3) is 5.22 Å². The molecule has 1 aromatic carbocycles. The number of para-hydroxylation sites is 2. The van der Waals surface area contributed by atoms with E-state index < -0.39 is 5.97 Å². The number of amides is 1. The first-order chi connectivity index (χ1) is 10.1. The zero-order valence-corrected chi connectivity index (χ0v) is 12.4. The topological polar surface area (TPSA) is 83.6 Å². The van der Waals surface area contributed by atoms with Crippen LogP contribution in [-0.2, 0) is 9.59 Å². The molecule has 1 amide bonds. The van der Waals surface area contributed by atoms with Gasteiger partial charge in [-0.3, -0.25) is 9.59 Å². The maximum atomic E-state index is 11.9. The fourth-order valence-electron chi connectivity index (χ4n) is 1.74. The van der Waals surface area contributed by atoms with Crippen LogP contribution in [0.25, 0.3) is 11.1 Å². The van der Waals surface area contributed by atoms with Gasteiger partial charge in [-0.15, -0.1) is 0 Å². The van der Waals surface area contributed by atoms with Gasteiger partial charge in [-0.2, -0.15) is 0 Å². The van der Waals surface area contributed by atoms with Crippen molar-refractivity contribution in [2.75, 3.05) is 19.3 Å². The van der Waals surface area contributed by atoms with E-state index in [9.17, 15) is 9.59 Å². The van der Waals surface area contributed by atoms with Gasteiger partial charge >= 0.3 is 5.97 Å². The summed E-state index contributed by atoms with van der Waals surface area (Å²) < 4.78 is 5.51. The molecule has 0 radical (unpaired) electrons. The van der Waals surface area contributed by atoms with Crippen molar-refractivity contribution in [3.63, 3.8) is 0 Å². The monoisotopic (exact) mass is 308 g/mol. The molecule has 112 valence electrons. The van der Waals surface area contributed by atoms with Crippen molar-refractivity contribution in [3.05, 3.63) is 24.3 Å². The van der Waals surface area contributed by atoms with Crippen LogP contribution in [0.15, 0.2) is 33.9 Å². The van der Waals surface area contributed by atoms with Gasteiger partial charge in [-0.05, 0) is 18.6 Å². The van der Waals surface area contributed by atoms with Crippen LogP contribution in [0, 0.1) is 0 Å². The summed E-state index contributed by atoms with van der Waals surface area (Å²) in [5.41, 5.74) is 1.46. The van der Waals surface area contributed by atoms with Crippen LogP contribution in [-0.4, -0.2) is 46.2 Å². The van der Waals surface area contributed by atoms with E-state index in [0.29, 0.717) is 23.8 Å². The molecule has 1 N–H and O–H groups in total. The number of aromatic nitrogens is 1. The molecule has 1 aromatic heterocycles.